The van der Waals surface area contributed by atoms with Crippen molar-refractivity contribution >= 4 is 27.1 Å². The molecule has 0 radical (unpaired) electrons. The van der Waals surface area contributed by atoms with Gasteiger partial charge in [0.25, 0.3) is 5.91 Å². The quantitative estimate of drug-likeness (QED) is 0.692. The van der Waals surface area contributed by atoms with Gasteiger partial charge in [-0.15, -0.1) is 11.3 Å². The number of rotatable bonds is 5. The summed E-state index contributed by atoms with van der Waals surface area (Å²) in [5.41, 5.74) is 2.10. The van der Waals surface area contributed by atoms with Crippen LogP contribution in [0.3, 0.4) is 0 Å². The number of hydrogen-bond donors (Lipinski definition) is 1. The third kappa shape index (κ3) is 3.88. The van der Waals surface area contributed by atoms with Crippen LogP contribution in [0.1, 0.15) is 41.5 Å². The molecule has 0 bridgehead atoms. The number of amides is 1. The van der Waals surface area contributed by atoms with Gasteiger partial charge in [-0.2, -0.15) is 5.10 Å². The minimum Gasteiger partial charge on any atom is -0.344 e. The fourth-order valence-corrected chi connectivity index (χ4v) is 5.88. The Labute approximate surface area is 168 Å². The van der Waals surface area contributed by atoms with E-state index < -0.39 is 9.84 Å². The minimum absolute atomic E-state index is 0.0640. The molecule has 3 aromatic rings. The zero-order chi connectivity index (χ0) is 19.7. The van der Waals surface area contributed by atoms with Crippen LogP contribution >= 0.6 is 11.3 Å². The lowest BCUT2D eigenvalue weighted by molar-refractivity contribution is 0.0933. The molecule has 2 aromatic heterocycles. The van der Waals surface area contributed by atoms with E-state index in [-0.39, 0.29) is 29.5 Å². The molecule has 8 heteroatoms. The van der Waals surface area contributed by atoms with Gasteiger partial charge >= 0.3 is 0 Å². The van der Waals surface area contributed by atoms with Crippen molar-refractivity contribution in [2.24, 2.45) is 0 Å². The highest BCUT2D eigenvalue weighted by Gasteiger charge is 2.32. The number of benzene rings is 1. The standard InChI is InChI=1S/C20H21N3O3S2/c1-14(15-6-3-2-4-7-15)21-20(24)17-12-18(19-8-5-10-27-19)23(22-17)16-9-11-28(25,26)13-16/h2-8,10,12,14,16H,9,11,13H2,1H3,(H,21,24)/t14-,16+/m1/s1. The second-order valence-electron chi connectivity index (χ2n) is 7.00. The average Bonchev–Trinajstić information content (AvgIpc) is 3.40. The van der Waals surface area contributed by atoms with Crippen molar-refractivity contribution in [3.05, 3.63) is 65.2 Å². The molecule has 1 amide bonds. The molecule has 146 valence electrons. The number of nitrogens with one attached hydrogen (secondary N) is 1. The first-order valence-corrected chi connectivity index (χ1v) is 11.8. The van der Waals surface area contributed by atoms with Crippen LogP contribution in [0.25, 0.3) is 10.6 Å². The molecule has 1 aliphatic heterocycles. The van der Waals surface area contributed by atoms with Gasteiger partial charge in [-0.25, -0.2) is 8.42 Å². The molecule has 1 fully saturated rings. The van der Waals surface area contributed by atoms with Crippen LogP contribution in [0.4, 0.5) is 0 Å². The fourth-order valence-electron chi connectivity index (χ4n) is 3.46. The Balaban J connectivity index is 1.63. The highest BCUT2D eigenvalue weighted by Crippen LogP contribution is 2.32. The third-order valence-corrected chi connectivity index (χ3v) is 7.59. The number of hydrogen-bond acceptors (Lipinski definition) is 5. The molecule has 1 saturated heterocycles. The van der Waals surface area contributed by atoms with E-state index in [1.54, 1.807) is 22.1 Å². The molecule has 1 aromatic carbocycles. The molecule has 3 heterocycles. The largest absolute Gasteiger partial charge is 0.344 e. The third-order valence-electron chi connectivity index (χ3n) is 4.94. The highest BCUT2D eigenvalue weighted by molar-refractivity contribution is 7.91. The molecule has 2 atom stereocenters. The molecular formula is C20H21N3O3S2. The second kappa shape index (κ2) is 7.52. The van der Waals surface area contributed by atoms with Gasteiger partial charge in [0.1, 0.15) is 0 Å². The number of thiophene rings is 1. The van der Waals surface area contributed by atoms with Crippen LogP contribution < -0.4 is 5.32 Å². The Hall–Kier alpha value is -2.45. The zero-order valence-corrected chi connectivity index (χ0v) is 17.0. The van der Waals surface area contributed by atoms with E-state index >= 15 is 0 Å². The molecule has 0 aliphatic carbocycles. The van der Waals surface area contributed by atoms with E-state index in [4.69, 9.17) is 0 Å². The van der Waals surface area contributed by atoms with Crippen LogP contribution in [0.15, 0.2) is 53.9 Å². The van der Waals surface area contributed by atoms with Gasteiger partial charge in [0.15, 0.2) is 15.5 Å². The number of aromatic nitrogens is 2. The molecule has 0 unspecified atom stereocenters. The normalized spacial score (nSPS) is 19.4. The molecular weight excluding hydrogens is 394 g/mol. The summed E-state index contributed by atoms with van der Waals surface area (Å²) in [6.07, 6.45) is 0.518. The van der Waals surface area contributed by atoms with E-state index in [2.05, 4.69) is 10.4 Å². The summed E-state index contributed by atoms with van der Waals surface area (Å²) in [4.78, 5) is 13.8. The van der Waals surface area contributed by atoms with Crippen molar-refractivity contribution < 1.29 is 13.2 Å². The molecule has 0 spiro atoms. The van der Waals surface area contributed by atoms with E-state index in [1.807, 2.05) is 54.8 Å². The Bertz CT molecular complexity index is 1070. The van der Waals surface area contributed by atoms with Crippen LogP contribution in [-0.4, -0.2) is 35.6 Å². The molecule has 0 saturated carbocycles. The molecule has 1 N–H and O–H groups in total. The van der Waals surface area contributed by atoms with Crippen molar-refractivity contribution in [1.29, 1.82) is 0 Å². The SMILES string of the molecule is C[C@@H](NC(=O)c1cc(-c2cccs2)n([C@H]2CCS(=O)(=O)C2)n1)c1ccccc1. The van der Waals surface area contributed by atoms with E-state index in [9.17, 15) is 13.2 Å². The Morgan fingerprint density at radius 1 is 1.25 bits per heavy atom. The van der Waals surface area contributed by atoms with Crippen molar-refractivity contribution in [3.8, 4) is 10.6 Å². The molecule has 1 aliphatic rings. The maximum absolute atomic E-state index is 12.8. The summed E-state index contributed by atoms with van der Waals surface area (Å²) in [7, 11) is -3.05. The smallest absolute Gasteiger partial charge is 0.272 e. The van der Waals surface area contributed by atoms with Gasteiger partial charge in [-0.05, 0) is 36.4 Å². The van der Waals surface area contributed by atoms with E-state index in [1.165, 1.54) is 0 Å². The zero-order valence-electron chi connectivity index (χ0n) is 15.4. The second-order valence-corrected chi connectivity index (χ2v) is 10.2. The predicted octanol–water partition coefficient (Wildman–Crippen LogP) is 3.46. The van der Waals surface area contributed by atoms with Gasteiger partial charge in [0, 0.05) is 0 Å². The first-order valence-electron chi connectivity index (χ1n) is 9.12. The maximum Gasteiger partial charge on any atom is 0.272 e. The predicted molar refractivity (Wildman–Crippen MR) is 110 cm³/mol. The van der Waals surface area contributed by atoms with E-state index in [0.29, 0.717) is 12.1 Å². The Kier molecular flexibility index (Phi) is 5.07. The van der Waals surface area contributed by atoms with Crippen LogP contribution in [0, 0.1) is 0 Å². The lowest BCUT2D eigenvalue weighted by atomic mass is 10.1. The lowest BCUT2D eigenvalue weighted by Gasteiger charge is -2.13. The summed E-state index contributed by atoms with van der Waals surface area (Å²) in [5, 5.41) is 9.44. The van der Waals surface area contributed by atoms with Crippen molar-refractivity contribution in [2.75, 3.05) is 11.5 Å². The molecule has 6 nitrogen and oxygen atoms in total. The first-order chi connectivity index (χ1) is 13.4. The van der Waals surface area contributed by atoms with Crippen LogP contribution in [0.2, 0.25) is 0 Å². The topological polar surface area (TPSA) is 81.1 Å². The fraction of sp³-hybridized carbons (Fsp3) is 0.300. The maximum atomic E-state index is 12.8. The molecule has 4 rings (SSSR count). The summed E-state index contributed by atoms with van der Waals surface area (Å²) >= 11 is 1.54. The van der Waals surface area contributed by atoms with Crippen molar-refractivity contribution in [3.63, 3.8) is 0 Å². The van der Waals surface area contributed by atoms with Crippen LogP contribution in [0.5, 0.6) is 0 Å². The number of carbonyl (C=O) groups excluding carboxylic acids is 1. The summed E-state index contributed by atoms with van der Waals surface area (Å²) in [6.45, 7) is 1.92. The molecule has 28 heavy (non-hydrogen) atoms. The summed E-state index contributed by atoms with van der Waals surface area (Å²) in [6, 6.07) is 15.0. The average molecular weight is 416 g/mol. The summed E-state index contributed by atoms with van der Waals surface area (Å²) in [5.74, 6) is -0.0450. The van der Waals surface area contributed by atoms with Gasteiger partial charge < -0.3 is 5.32 Å². The number of nitrogens with zero attached hydrogens (tertiary/aromatic N) is 2. The summed E-state index contributed by atoms with van der Waals surface area (Å²) < 4.78 is 25.6. The van der Waals surface area contributed by atoms with Crippen molar-refractivity contribution in [1.82, 2.24) is 15.1 Å². The number of sulfone groups is 1. The van der Waals surface area contributed by atoms with Crippen LogP contribution in [-0.2, 0) is 9.84 Å². The number of carbonyl (C=O) groups is 1. The monoisotopic (exact) mass is 415 g/mol. The first kappa shape index (κ1) is 18.9. The Morgan fingerprint density at radius 3 is 2.68 bits per heavy atom. The van der Waals surface area contributed by atoms with Gasteiger partial charge in [-0.1, -0.05) is 36.4 Å². The van der Waals surface area contributed by atoms with Gasteiger partial charge in [0.05, 0.1) is 34.2 Å². The minimum atomic E-state index is -3.05. The van der Waals surface area contributed by atoms with Gasteiger partial charge in [-0.3, -0.25) is 9.48 Å². The van der Waals surface area contributed by atoms with Crippen molar-refractivity contribution in [2.45, 2.75) is 25.4 Å². The lowest BCUT2D eigenvalue weighted by Crippen LogP contribution is -2.27. The Morgan fingerprint density at radius 2 is 2.04 bits per heavy atom. The van der Waals surface area contributed by atoms with Gasteiger partial charge in [0.2, 0.25) is 0 Å². The highest BCUT2D eigenvalue weighted by atomic mass is 32.2. The van der Waals surface area contributed by atoms with E-state index in [0.717, 1.165) is 16.1 Å².